The second kappa shape index (κ2) is 10.8. The van der Waals surface area contributed by atoms with Crippen molar-refractivity contribution in [3.05, 3.63) is 60.2 Å². The van der Waals surface area contributed by atoms with E-state index in [0.29, 0.717) is 6.54 Å². The minimum atomic E-state index is -4.88. The number of anilines is 3. The molecule has 188 valence electrons. The predicted molar refractivity (Wildman–Crippen MR) is 121 cm³/mol. The number of nitrogens with one attached hydrogen (secondary N) is 2. The first-order valence-electron chi connectivity index (χ1n) is 10.5. The second-order valence-electron chi connectivity index (χ2n) is 7.79. The highest BCUT2D eigenvalue weighted by atomic mass is 19.4. The molecule has 0 aliphatic carbocycles. The number of para-hydroxylation sites is 1. The summed E-state index contributed by atoms with van der Waals surface area (Å²) in [4.78, 5) is 10.6. The Kier molecular flexibility index (Phi) is 8.05. The van der Waals surface area contributed by atoms with E-state index in [1.807, 2.05) is 19.0 Å². The molecule has 0 unspecified atom stereocenters. The number of nitrogens with zero attached hydrogens (tertiary/aromatic N) is 3. The quantitative estimate of drug-likeness (QED) is 0.271. The van der Waals surface area contributed by atoms with E-state index in [4.69, 9.17) is 0 Å². The molecule has 0 bridgehead atoms. The van der Waals surface area contributed by atoms with Crippen LogP contribution < -0.4 is 15.4 Å². The van der Waals surface area contributed by atoms with Crippen LogP contribution in [-0.4, -0.2) is 48.4 Å². The smallest absolute Gasteiger partial charge is 0.406 e. The number of benzene rings is 2. The molecule has 2 N–H and O–H groups in total. The first-order valence-corrected chi connectivity index (χ1v) is 10.5. The van der Waals surface area contributed by atoms with Gasteiger partial charge < -0.3 is 20.3 Å². The van der Waals surface area contributed by atoms with Gasteiger partial charge in [-0.2, -0.15) is 18.2 Å². The summed E-state index contributed by atoms with van der Waals surface area (Å²) < 4.78 is 82.2. The summed E-state index contributed by atoms with van der Waals surface area (Å²) in [6.45, 7) is 1.24. The molecule has 0 saturated heterocycles. The average molecular weight is 499 g/mol. The SMILES string of the molecule is CN(C)CCCNc1nc(Nc2ccccc2C(F)(F)F)cc(-c2cccc(OC(F)(F)F)c2)n1. The first kappa shape index (κ1) is 26.1. The Labute approximate surface area is 198 Å². The van der Waals surface area contributed by atoms with Crippen molar-refractivity contribution in [1.82, 2.24) is 14.9 Å². The van der Waals surface area contributed by atoms with E-state index in [0.717, 1.165) is 31.2 Å². The minimum Gasteiger partial charge on any atom is -0.406 e. The molecule has 6 nitrogen and oxygen atoms in total. The fraction of sp³-hybridized carbons (Fsp3) is 0.304. The third-order valence-electron chi connectivity index (χ3n) is 4.65. The van der Waals surface area contributed by atoms with E-state index in [2.05, 4.69) is 25.3 Å². The maximum Gasteiger partial charge on any atom is 0.573 e. The van der Waals surface area contributed by atoms with Crippen LogP contribution in [0.4, 0.5) is 43.8 Å². The highest BCUT2D eigenvalue weighted by Gasteiger charge is 2.33. The van der Waals surface area contributed by atoms with E-state index in [1.54, 1.807) is 0 Å². The highest BCUT2D eigenvalue weighted by Crippen LogP contribution is 2.36. The van der Waals surface area contributed by atoms with Gasteiger partial charge in [-0.25, -0.2) is 4.98 Å². The Morgan fingerprint density at radius 1 is 0.914 bits per heavy atom. The molecule has 2 aromatic carbocycles. The van der Waals surface area contributed by atoms with E-state index in [9.17, 15) is 26.3 Å². The molecule has 0 aliphatic heterocycles. The molecular weight excluding hydrogens is 476 g/mol. The lowest BCUT2D eigenvalue weighted by Gasteiger charge is -2.16. The van der Waals surface area contributed by atoms with Crippen LogP contribution in [0, 0.1) is 0 Å². The largest absolute Gasteiger partial charge is 0.573 e. The number of alkyl halides is 6. The van der Waals surface area contributed by atoms with Crippen molar-refractivity contribution in [2.24, 2.45) is 0 Å². The number of hydrogen-bond acceptors (Lipinski definition) is 6. The standard InChI is InChI=1S/C23H23F6N5O/c1-34(2)12-6-11-30-21-32-19(15-7-5-8-16(13-15)35-23(27,28)29)14-20(33-21)31-18-10-4-3-9-17(18)22(24,25)26/h3-5,7-10,13-14H,6,11-12H2,1-2H3,(H2,30,31,32,33). The molecule has 0 spiro atoms. The van der Waals surface area contributed by atoms with Gasteiger partial charge in [0.05, 0.1) is 16.9 Å². The molecule has 0 amide bonds. The lowest BCUT2D eigenvalue weighted by Crippen LogP contribution is -2.17. The lowest BCUT2D eigenvalue weighted by atomic mass is 10.1. The van der Waals surface area contributed by atoms with Crippen LogP contribution in [0.1, 0.15) is 12.0 Å². The predicted octanol–water partition coefficient (Wildman–Crippen LogP) is 6.17. The average Bonchev–Trinajstić information content (AvgIpc) is 2.75. The molecule has 1 aromatic heterocycles. The summed E-state index contributed by atoms with van der Waals surface area (Å²) in [5.74, 6) is -0.314. The van der Waals surface area contributed by atoms with Crippen LogP contribution in [0.2, 0.25) is 0 Å². The summed E-state index contributed by atoms with van der Waals surface area (Å²) >= 11 is 0. The highest BCUT2D eigenvalue weighted by molar-refractivity contribution is 5.69. The summed E-state index contributed by atoms with van der Waals surface area (Å²) in [6, 6.07) is 11.4. The molecule has 35 heavy (non-hydrogen) atoms. The summed E-state index contributed by atoms with van der Waals surface area (Å²) in [7, 11) is 3.82. The topological polar surface area (TPSA) is 62.3 Å². The molecule has 0 aliphatic rings. The zero-order chi connectivity index (χ0) is 25.6. The number of halogens is 6. The van der Waals surface area contributed by atoms with Crippen molar-refractivity contribution in [2.45, 2.75) is 19.0 Å². The van der Waals surface area contributed by atoms with Gasteiger partial charge in [-0.3, -0.25) is 0 Å². The molecule has 0 atom stereocenters. The number of hydrogen-bond donors (Lipinski definition) is 2. The van der Waals surface area contributed by atoms with Crippen LogP contribution in [0.15, 0.2) is 54.6 Å². The van der Waals surface area contributed by atoms with Crippen LogP contribution in [0.5, 0.6) is 5.75 Å². The van der Waals surface area contributed by atoms with Gasteiger partial charge in [0.15, 0.2) is 0 Å². The summed E-state index contributed by atoms with van der Waals surface area (Å²) in [5, 5.41) is 5.67. The monoisotopic (exact) mass is 499 g/mol. The molecule has 0 saturated carbocycles. The lowest BCUT2D eigenvalue weighted by molar-refractivity contribution is -0.274. The first-order chi connectivity index (χ1) is 16.4. The van der Waals surface area contributed by atoms with Crippen molar-refractivity contribution < 1.29 is 31.1 Å². The molecule has 12 heteroatoms. The van der Waals surface area contributed by atoms with Crippen molar-refractivity contribution in [3.8, 4) is 17.0 Å². The van der Waals surface area contributed by atoms with Gasteiger partial charge >= 0.3 is 12.5 Å². The fourth-order valence-electron chi connectivity index (χ4n) is 3.16. The Bertz CT molecular complexity index is 1130. The van der Waals surface area contributed by atoms with E-state index in [-0.39, 0.29) is 28.7 Å². The second-order valence-corrected chi connectivity index (χ2v) is 7.79. The number of ether oxygens (including phenoxy) is 1. The van der Waals surface area contributed by atoms with Gasteiger partial charge in [0.25, 0.3) is 0 Å². The van der Waals surface area contributed by atoms with E-state index >= 15 is 0 Å². The summed E-state index contributed by atoms with van der Waals surface area (Å²) in [6.07, 6.45) is -8.75. The minimum absolute atomic E-state index is 0.0314. The number of rotatable bonds is 9. The molecular formula is C23H23F6N5O. The van der Waals surface area contributed by atoms with Gasteiger partial charge in [0.2, 0.25) is 5.95 Å². The van der Waals surface area contributed by atoms with Crippen LogP contribution >= 0.6 is 0 Å². The third-order valence-corrected chi connectivity index (χ3v) is 4.65. The third kappa shape index (κ3) is 8.02. The molecule has 3 aromatic rings. The van der Waals surface area contributed by atoms with Crippen LogP contribution in [0.25, 0.3) is 11.3 Å². The summed E-state index contributed by atoms with van der Waals surface area (Å²) in [5.41, 5.74) is -0.661. The van der Waals surface area contributed by atoms with Gasteiger partial charge in [0.1, 0.15) is 11.6 Å². The fourth-order valence-corrected chi connectivity index (χ4v) is 3.16. The van der Waals surface area contributed by atoms with Gasteiger partial charge in [0, 0.05) is 18.2 Å². The molecule has 0 radical (unpaired) electrons. The number of aromatic nitrogens is 2. The van der Waals surface area contributed by atoms with Crippen molar-refractivity contribution >= 4 is 17.5 Å². The normalized spacial score (nSPS) is 12.0. The van der Waals surface area contributed by atoms with Crippen LogP contribution in [-0.2, 0) is 6.18 Å². The van der Waals surface area contributed by atoms with E-state index in [1.165, 1.54) is 36.4 Å². The Morgan fingerprint density at radius 3 is 2.34 bits per heavy atom. The Hall–Kier alpha value is -3.54. The van der Waals surface area contributed by atoms with Gasteiger partial charge in [-0.15, -0.1) is 13.2 Å². The van der Waals surface area contributed by atoms with Crippen molar-refractivity contribution in [2.75, 3.05) is 37.8 Å². The maximum absolute atomic E-state index is 13.4. The molecule has 0 fully saturated rings. The van der Waals surface area contributed by atoms with E-state index < -0.39 is 23.9 Å². The van der Waals surface area contributed by atoms with Crippen LogP contribution in [0.3, 0.4) is 0 Å². The van der Waals surface area contributed by atoms with Crippen molar-refractivity contribution in [1.29, 1.82) is 0 Å². The van der Waals surface area contributed by atoms with Crippen molar-refractivity contribution in [3.63, 3.8) is 0 Å². The van der Waals surface area contributed by atoms with Gasteiger partial charge in [-0.1, -0.05) is 24.3 Å². The van der Waals surface area contributed by atoms with Gasteiger partial charge in [-0.05, 0) is 51.3 Å². The Morgan fingerprint density at radius 2 is 1.66 bits per heavy atom. The Balaban J connectivity index is 1.96. The zero-order valence-corrected chi connectivity index (χ0v) is 18.8. The molecule has 3 rings (SSSR count). The molecule has 1 heterocycles. The maximum atomic E-state index is 13.4. The zero-order valence-electron chi connectivity index (χ0n) is 18.8.